The molecule has 0 radical (unpaired) electrons. The number of hydrogen-bond donors (Lipinski definition) is 2. The molecule has 0 aliphatic carbocycles. The summed E-state index contributed by atoms with van der Waals surface area (Å²) in [5.74, 6) is 0. The second kappa shape index (κ2) is 5.17. The molecular weight excluding hydrogens is 268 g/mol. The summed E-state index contributed by atoms with van der Waals surface area (Å²) in [7, 11) is 0. The van der Waals surface area contributed by atoms with Gasteiger partial charge in [0, 0.05) is 6.42 Å². The van der Waals surface area contributed by atoms with Gasteiger partial charge in [-0.3, -0.25) is 0 Å². The van der Waals surface area contributed by atoms with Gasteiger partial charge in [-0.1, -0.05) is 10.7 Å². The maximum Gasteiger partial charge on any atom is 0.426 e. The monoisotopic (exact) mass is 279 g/mol. The highest BCUT2D eigenvalue weighted by Crippen LogP contribution is 2.45. The van der Waals surface area contributed by atoms with Gasteiger partial charge in [-0.15, -0.1) is 0 Å². The van der Waals surface area contributed by atoms with Crippen LogP contribution in [0.4, 0.5) is 26.3 Å². The van der Waals surface area contributed by atoms with Crippen molar-refractivity contribution in [3.63, 3.8) is 0 Å². The molecule has 0 aromatic carbocycles. The van der Waals surface area contributed by atoms with Crippen molar-refractivity contribution in [2.75, 3.05) is 0 Å². The quantitative estimate of drug-likeness (QED) is 0.361. The van der Waals surface area contributed by atoms with Crippen molar-refractivity contribution in [3.8, 4) is 0 Å². The van der Waals surface area contributed by atoms with Gasteiger partial charge < -0.3 is 10.3 Å². The van der Waals surface area contributed by atoms with E-state index in [1.165, 1.54) is 13.8 Å². The van der Waals surface area contributed by atoms with Crippen LogP contribution in [-0.4, -0.2) is 34.0 Å². The molecule has 0 saturated carbocycles. The summed E-state index contributed by atoms with van der Waals surface area (Å²) in [6.45, 7) is 2.76. The zero-order chi connectivity index (χ0) is 14.8. The number of alkyl halides is 6. The van der Waals surface area contributed by atoms with Gasteiger partial charge >= 0.3 is 12.4 Å². The van der Waals surface area contributed by atoms with Gasteiger partial charge in [0.15, 0.2) is 0 Å². The molecule has 0 amide bonds. The number of hydrogen-bond acceptors (Lipinski definition) is 3. The predicted octanol–water partition coefficient (Wildman–Crippen LogP) is 3.03. The largest absolute Gasteiger partial charge is 0.426 e. The molecule has 0 atom stereocenters. The first kappa shape index (κ1) is 16.8. The van der Waals surface area contributed by atoms with E-state index in [-0.39, 0.29) is 0 Å². The second-order valence-electron chi connectivity index (χ2n) is 3.85. The minimum atomic E-state index is -5.93. The van der Waals surface area contributed by atoms with Crippen LogP contribution in [0.25, 0.3) is 0 Å². The van der Waals surface area contributed by atoms with Crippen molar-refractivity contribution < 1.29 is 36.7 Å². The van der Waals surface area contributed by atoms with Gasteiger partial charge in [-0.25, -0.2) is 0 Å². The summed E-state index contributed by atoms with van der Waals surface area (Å²) in [5.41, 5.74) is -5.56. The van der Waals surface area contributed by atoms with Gasteiger partial charge in [0.25, 0.3) is 5.60 Å². The SMILES string of the molecule is CC(C)=C/C(CC(O)(C(F)(F)F)C(F)(F)F)=N\O. The van der Waals surface area contributed by atoms with Crippen LogP contribution in [0.3, 0.4) is 0 Å². The lowest BCUT2D eigenvalue weighted by molar-refractivity contribution is -0.365. The van der Waals surface area contributed by atoms with Crippen LogP contribution < -0.4 is 0 Å². The molecule has 18 heavy (non-hydrogen) atoms. The highest BCUT2D eigenvalue weighted by Gasteiger charge is 2.70. The van der Waals surface area contributed by atoms with Crippen molar-refractivity contribution in [1.82, 2.24) is 0 Å². The zero-order valence-corrected chi connectivity index (χ0v) is 9.39. The molecule has 0 fully saturated rings. The fourth-order valence-corrected chi connectivity index (χ4v) is 1.07. The molecule has 3 nitrogen and oxygen atoms in total. The molecule has 0 spiro atoms. The average Bonchev–Trinajstić information content (AvgIpc) is 2.12. The molecule has 106 valence electrons. The number of halogens is 6. The first-order chi connectivity index (χ1) is 7.85. The first-order valence-electron chi connectivity index (χ1n) is 4.57. The first-order valence-corrected chi connectivity index (χ1v) is 4.57. The van der Waals surface area contributed by atoms with Crippen LogP contribution in [0.1, 0.15) is 20.3 Å². The lowest BCUT2D eigenvalue weighted by atomic mass is 9.94. The summed E-state index contributed by atoms with van der Waals surface area (Å²) < 4.78 is 73.8. The Morgan fingerprint density at radius 2 is 1.44 bits per heavy atom. The number of nitrogens with zero attached hydrogens (tertiary/aromatic N) is 1. The van der Waals surface area contributed by atoms with Gasteiger partial charge in [0.05, 0.1) is 5.71 Å². The summed E-state index contributed by atoms with van der Waals surface area (Å²) in [6, 6.07) is 0. The van der Waals surface area contributed by atoms with E-state index in [2.05, 4.69) is 5.16 Å². The fraction of sp³-hybridized carbons (Fsp3) is 0.667. The second-order valence-corrected chi connectivity index (χ2v) is 3.85. The molecule has 0 aromatic rings. The van der Waals surface area contributed by atoms with Crippen molar-refractivity contribution in [1.29, 1.82) is 0 Å². The minimum Gasteiger partial charge on any atom is -0.411 e. The minimum absolute atomic E-state index is 0.314. The van der Waals surface area contributed by atoms with E-state index in [0.29, 0.717) is 5.57 Å². The molecule has 0 aromatic heterocycles. The predicted molar refractivity (Wildman–Crippen MR) is 50.3 cm³/mol. The smallest absolute Gasteiger partial charge is 0.411 e. The van der Waals surface area contributed by atoms with Crippen LogP contribution in [-0.2, 0) is 0 Å². The third kappa shape index (κ3) is 3.62. The Bertz CT molecular complexity index is 337. The van der Waals surface area contributed by atoms with E-state index in [9.17, 15) is 26.3 Å². The van der Waals surface area contributed by atoms with E-state index in [4.69, 9.17) is 10.3 Å². The van der Waals surface area contributed by atoms with Crippen LogP contribution in [0, 0.1) is 0 Å². The van der Waals surface area contributed by atoms with Crippen LogP contribution >= 0.6 is 0 Å². The summed E-state index contributed by atoms with van der Waals surface area (Å²) in [4.78, 5) is 0. The average molecular weight is 279 g/mol. The maximum absolute atomic E-state index is 12.3. The van der Waals surface area contributed by atoms with Crippen molar-refractivity contribution in [2.45, 2.75) is 38.2 Å². The molecule has 2 N–H and O–H groups in total. The Balaban J connectivity index is 5.49. The number of oxime groups is 1. The van der Waals surface area contributed by atoms with Crippen molar-refractivity contribution in [2.24, 2.45) is 5.16 Å². The summed E-state index contributed by atoms with van der Waals surface area (Å²) in [6.07, 6.45) is -13.0. The van der Waals surface area contributed by atoms with Gasteiger partial charge in [-0.05, 0) is 19.9 Å². The standard InChI is InChI=1S/C9H11F6NO2/c1-5(2)3-6(16-18)4-7(17,8(10,11)12)9(13,14)15/h3,17-18H,4H2,1-2H3/b16-6+. The van der Waals surface area contributed by atoms with Gasteiger partial charge in [0.1, 0.15) is 0 Å². The molecule has 0 heterocycles. The van der Waals surface area contributed by atoms with Crippen molar-refractivity contribution >= 4 is 5.71 Å². The van der Waals surface area contributed by atoms with E-state index >= 15 is 0 Å². The molecule has 0 bridgehead atoms. The Kier molecular flexibility index (Phi) is 4.81. The maximum atomic E-state index is 12.3. The molecule has 0 saturated heterocycles. The molecule has 0 unspecified atom stereocenters. The summed E-state index contributed by atoms with van der Waals surface area (Å²) >= 11 is 0. The van der Waals surface area contributed by atoms with E-state index in [1.807, 2.05) is 0 Å². The number of rotatable bonds is 3. The number of allylic oxidation sites excluding steroid dienone is 2. The topological polar surface area (TPSA) is 52.8 Å². The number of aliphatic hydroxyl groups is 1. The van der Waals surface area contributed by atoms with E-state index in [0.717, 1.165) is 6.08 Å². The lowest BCUT2D eigenvalue weighted by Crippen LogP contribution is -2.57. The molecule has 0 aliphatic rings. The van der Waals surface area contributed by atoms with Gasteiger partial charge in [0.2, 0.25) is 0 Å². The lowest BCUT2D eigenvalue weighted by Gasteiger charge is -2.32. The highest BCUT2D eigenvalue weighted by atomic mass is 19.4. The molecule has 0 rings (SSSR count). The molecule has 9 heteroatoms. The van der Waals surface area contributed by atoms with Crippen LogP contribution in [0.15, 0.2) is 16.8 Å². The van der Waals surface area contributed by atoms with Crippen LogP contribution in [0.2, 0.25) is 0 Å². The zero-order valence-electron chi connectivity index (χ0n) is 9.39. The molecular formula is C9H11F6NO2. The fourth-order valence-electron chi connectivity index (χ4n) is 1.07. The van der Waals surface area contributed by atoms with E-state index < -0.39 is 30.1 Å². The summed E-state index contributed by atoms with van der Waals surface area (Å²) in [5, 5.41) is 19.5. The Morgan fingerprint density at radius 3 is 1.67 bits per heavy atom. The third-order valence-electron chi connectivity index (χ3n) is 1.96. The van der Waals surface area contributed by atoms with Crippen molar-refractivity contribution in [3.05, 3.63) is 11.6 Å². The Labute approximate surface area is 98.4 Å². The Hall–Kier alpha value is -1.25. The van der Waals surface area contributed by atoms with E-state index in [1.54, 1.807) is 0 Å². The highest BCUT2D eigenvalue weighted by molar-refractivity contribution is 5.95. The van der Waals surface area contributed by atoms with Crippen LogP contribution in [0.5, 0.6) is 0 Å². The third-order valence-corrected chi connectivity index (χ3v) is 1.96. The molecule has 0 aliphatic heterocycles. The normalized spacial score (nSPS) is 14.6. The Morgan fingerprint density at radius 1 is 1.06 bits per heavy atom. The van der Waals surface area contributed by atoms with Gasteiger partial charge in [-0.2, -0.15) is 26.3 Å².